The summed E-state index contributed by atoms with van der Waals surface area (Å²) in [5.41, 5.74) is 13.7. The van der Waals surface area contributed by atoms with Gasteiger partial charge in [0.15, 0.2) is 0 Å². The SMILES string of the molecule is Fc1ccc2c(c1)-c1c(ccc3ccccc13)C2c1nc(-n2c3ccccc3c3ccc(-c4ccc5c(c4)c4ccccc4n5-c4ccccc4)cc32)nc2ccccc12. The highest BCUT2D eigenvalue weighted by molar-refractivity contribution is 6.12. The lowest BCUT2D eigenvalue weighted by atomic mass is 9.90. The van der Waals surface area contributed by atoms with E-state index in [4.69, 9.17) is 9.97 Å². The van der Waals surface area contributed by atoms with Crippen molar-refractivity contribution in [3.8, 4) is 33.9 Å². The number of halogens is 1. The summed E-state index contributed by atoms with van der Waals surface area (Å²) >= 11 is 0. The number of aromatic nitrogens is 4. The van der Waals surface area contributed by atoms with Gasteiger partial charge in [0.2, 0.25) is 5.95 Å². The van der Waals surface area contributed by atoms with Crippen molar-refractivity contribution < 1.29 is 4.39 Å². The van der Waals surface area contributed by atoms with Gasteiger partial charge in [0.25, 0.3) is 0 Å². The predicted octanol–water partition coefficient (Wildman–Crippen LogP) is 13.9. The Morgan fingerprint density at radius 2 is 1.05 bits per heavy atom. The van der Waals surface area contributed by atoms with Crippen LogP contribution in [0.5, 0.6) is 0 Å². The molecule has 3 aromatic heterocycles. The van der Waals surface area contributed by atoms with E-state index in [0.29, 0.717) is 5.95 Å². The molecule has 0 saturated carbocycles. The van der Waals surface area contributed by atoms with E-state index in [-0.39, 0.29) is 11.7 Å². The first-order chi connectivity index (χ1) is 29.7. The Bertz CT molecular complexity index is 3750. The Labute approximate surface area is 344 Å². The van der Waals surface area contributed by atoms with Crippen LogP contribution in [0.1, 0.15) is 22.7 Å². The molecule has 0 spiro atoms. The number of rotatable bonds is 4. The van der Waals surface area contributed by atoms with Gasteiger partial charge in [-0.05, 0) is 105 Å². The van der Waals surface area contributed by atoms with Gasteiger partial charge in [0, 0.05) is 32.6 Å². The zero-order valence-corrected chi connectivity index (χ0v) is 32.2. The first-order valence-electron chi connectivity index (χ1n) is 20.4. The average molecular weight is 769 g/mol. The average Bonchev–Trinajstić information content (AvgIpc) is 3.94. The summed E-state index contributed by atoms with van der Waals surface area (Å²) in [6.45, 7) is 0. The number of nitrogens with zero attached hydrogens (tertiary/aromatic N) is 4. The minimum atomic E-state index is -0.247. The lowest BCUT2D eigenvalue weighted by Crippen LogP contribution is -2.09. The summed E-state index contributed by atoms with van der Waals surface area (Å²) in [6.07, 6.45) is 0. The monoisotopic (exact) mass is 768 g/mol. The Kier molecular flexibility index (Phi) is 6.93. The third kappa shape index (κ3) is 4.71. The van der Waals surface area contributed by atoms with E-state index in [2.05, 4.69) is 179 Å². The maximum absolute atomic E-state index is 15.1. The molecule has 13 rings (SSSR count). The summed E-state index contributed by atoms with van der Waals surface area (Å²) in [6, 6.07) is 67.6. The molecule has 4 nitrogen and oxygen atoms in total. The normalized spacial score (nSPS) is 13.6. The largest absolute Gasteiger partial charge is 0.309 e. The van der Waals surface area contributed by atoms with Gasteiger partial charge in [0.05, 0.1) is 39.2 Å². The number of para-hydroxylation sites is 4. The molecule has 5 heteroatoms. The van der Waals surface area contributed by atoms with Crippen LogP contribution in [-0.2, 0) is 0 Å². The fraction of sp³-hybridized carbons (Fsp3) is 0.0182. The van der Waals surface area contributed by atoms with E-state index in [1.165, 1.54) is 21.8 Å². The Balaban J connectivity index is 1.04. The summed E-state index contributed by atoms with van der Waals surface area (Å²) in [4.78, 5) is 10.9. The van der Waals surface area contributed by atoms with Gasteiger partial charge in [-0.2, -0.15) is 0 Å². The van der Waals surface area contributed by atoms with Gasteiger partial charge < -0.3 is 4.57 Å². The molecular weight excluding hydrogens is 736 g/mol. The topological polar surface area (TPSA) is 35.6 Å². The van der Waals surface area contributed by atoms with Gasteiger partial charge in [0.1, 0.15) is 5.82 Å². The highest BCUT2D eigenvalue weighted by atomic mass is 19.1. The molecule has 0 fully saturated rings. The standard InChI is InChI=1S/C55H33FN4/c56-36-25-28-42-46(32-36)52-38-15-5-4-12-33(38)22-27-44(52)53(42)54-43-18-6-9-19-47(43)57-55(58-54)60-49-21-11-7-16-39(49)41-26-23-35(31-51(41)60)34-24-29-50-45(30-34)40-17-8-10-20-48(40)59(50)37-13-2-1-3-14-37/h1-32,53H. The van der Waals surface area contributed by atoms with E-state index in [1.807, 2.05) is 12.1 Å². The van der Waals surface area contributed by atoms with E-state index in [1.54, 1.807) is 12.1 Å². The van der Waals surface area contributed by atoms with Gasteiger partial charge in [-0.3, -0.25) is 4.57 Å². The minimum absolute atomic E-state index is 0.222. The van der Waals surface area contributed by atoms with Crippen molar-refractivity contribution in [2.45, 2.75) is 5.92 Å². The molecule has 1 aliphatic rings. The predicted molar refractivity (Wildman–Crippen MR) is 244 cm³/mol. The van der Waals surface area contributed by atoms with Crippen molar-refractivity contribution in [3.63, 3.8) is 0 Å². The number of hydrogen-bond donors (Lipinski definition) is 0. The molecule has 0 saturated heterocycles. The van der Waals surface area contributed by atoms with Crippen molar-refractivity contribution in [3.05, 3.63) is 217 Å². The molecule has 12 aromatic rings. The Hall–Kier alpha value is -7.89. The molecule has 0 aliphatic heterocycles. The van der Waals surface area contributed by atoms with Crippen molar-refractivity contribution in [2.24, 2.45) is 0 Å². The molecule has 0 N–H and O–H groups in total. The summed E-state index contributed by atoms with van der Waals surface area (Å²) in [5.74, 6) is 0.135. The summed E-state index contributed by atoms with van der Waals surface area (Å²) in [5, 5.41) is 7.91. The fourth-order valence-electron chi connectivity index (χ4n) is 10.1. The highest BCUT2D eigenvalue weighted by Crippen LogP contribution is 2.52. The smallest absolute Gasteiger partial charge is 0.235 e. The van der Waals surface area contributed by atoms with E-state index in [0.717, 1.165) is 88.2 Å². The molecule has 1 unspecified atom stereocenters. The highest BCUT2D eigenvalue weighted by Gasteiger charge is 2.34. The van der Waals surface area contributed by atoms with Crippen LogP contribution in [0.4, 0.5) is 4.39 Å². The van der Waals surface area contributed by atoms with Crippen LogP contribution in [-0.4, -0.2) is 19.1 Å². The molecular formula is C55H33FN4. The van der Waals surface area contributed by atoms with Gasteiger partial charge in [-0.1, -0.05) is 133 Å². The van der Waals surface area contributed by atoms with E-state index >= 15 is 4.39 Å². The van der Waals surface area contributed by atoms with Gasteiger partial charge in [-0.25, -0.2) is 14.4 Å². The molecule has 280 valence electrons. The second-order valence-corrected chi connectivity index (χ2v) is 15.8. The quantitative estimate of drug-likeness (QED) is 0.179. The van der Waals surface area contributed by atoms with Gasteiger partial charge >= 0.3 is 0 Å². The fourth-order valence-corrected chi connectivity index (χ4v) is 10.1. The van der Waals surface area contributed by atoms with Crippen LogP contribution in [0, 0.1) is 5.82 Å². The van der Waals surface area contributed by atoms with Crippen molar-refractivity contribution in [2.75, 3.05) is 0 Å². The maximum Gasteiger partial charge on any atom is 0.235 e. The third-order valence-corrected chi connectivity index (χ3v) is 12.7. The molecule has 60 heavy (non-hydrogen) atoms. The molecule has 0 radical (unpaired) electrons. The second kappa shape index (κ2) is 12.6. The number of hydrogen-bond acceptors (Lipinski definition) is 2. The second-order valence-electron chi connectivity index (χ2n) is 15.8. The molecule has 0 amide bonds. The minimum Gasteiger partial charge on any atom is -0.309 e. The van der Waals surface area contributed by atoms with E-state index in [9.17, 15) is 0 Å². The van der Waals surface area contributed by atoms with Crippen LogP contribution >= 0.6 is 0 Å². The van der Waals surface area contributed by atoms with Crippen molar-refractivity contribution in [1.29, 1.82) is 0 Å². The molecule has 1 atom stereocenters. The van der Waals surface area contributed by atoms with Crippen LogP contribution in [0.15, 0.2) is 194 Å². The Morgan fingerprint density at radius 3 is 1.90 bits per heavy atom. The molecule has 9 aromatic carbocycles. The molecule has 0 bridgehead atoms. The first-order valence-corrected chi connectivity index (χ1v) is 20.4. The lowest BCUT2D eigenvalue weighted by Gasteiger charge is -2.18. The number of benzene rings is 9. The molecule has 3 heterocycles. The van der Waals surface area contributed by atoms with Crippen LogP contribution in [0.25, 0.3) is 99.2 Å². The Morgan fingerprint density at radius 1 is 0.417 bits per heavy atom. The van der Waals surface area contributed by atoms with Crippen LogP contribution in [0.3, 0.4) is 0 Å². The number of fused-ring (bicyclic) bond motifs is 12. The van der Waals surface area contributed by atoms with Crippen molar-refractivity contribution >= 4 is 65.3 Å². The maximum atomic E-state index is 15.1. The summed E-state index contributed by atoms with van der Waals surface area (Å²) < 4.78 is 19.7. The van der Waals surface area contributed by atoms with Crippen molar-refractivity contribution in [1.82, 2.24) is 19.1 Å². The van der Waals surface area contributed by atoms with Gasteiger partial charge in [-0.15, -0.1) is 0 Å². The zero-order valence-electron chi connectivity index (χ0n) is 32.2. The first kappa shape index (κ1) is 33.1. The lowest BCUT2D eigenvalue weighted by molar-refractivity contribution is 0.628. The van der Waals surface area contributed by atoms with E-state index < -0.39 is 0 Å². The third-order valence-electron chi connectivity index (χ3n) is 12.7. The summed E-state index contributed by atoms with van der Waals surface area (Å²) in [7, 11) is 0. The van der Waals surface area contributed by atoms with Crippen LogP contribution < -0.4 is 0 Å². The zero-order chi connectivity index (χ0) is 39.5. The van der Waals surface area contributed by atoms with Crippen LogP contribution in [0.2, 0.25) is 0 Å². The molecule has 1 aliphatic carbocycles.